The summed E-state index contributed by atoms with van der Waals surface area (Å²) in [7, 11) is 3.44. The van der Waals surface area contributed by atoms with Gasteiger partial charge < -0.3 is 10.0 Å². The van der Waals surface area contributed by atoms with Crippen molar-refractivity contribution >= 4 is 12.0 Å². The summed E-state index contributed by atoms with van der Waals surface area (Å²) < 4.78 is 1.50. The van der Waals surface area contributed by atoms with Crippen LogP contribution in [0.3, 0.4) is 0 Å². The Morgan fingerprint density at radius 3 is 2.95 bits per heavy atom. The highest BCUT2D eigenvalue weighted by Crippen LogP contribution is 2.24. The fourth-order valence-electron chi connectivity index (χ4n) is 2.44. The van der Waals surface area contributed by atoms with Crippen molar-refractivity contribution in [2.75, 3.05) is 18.9 Å². The molecule has 1 fully saturated rings. The van der Waals surface area contributed by atoms with Crippen LogP contribution in [0.2, 0.25) is 0 Å². The standard InChI is InChI=1S/C12H21N5O2/c1-16(7-9-5-3-4-6-10(9)18)12(19)15-11-13-8-14-17(11)2/h8-10,18H,3-7H2,1-2H3,(H,13,14,15,19). The van der Waals surface area contributed by atoms with Crippen molar-refractivity contribution in [2.45, 2.75) is 31.8 Å². The maximum atomic E-state index is 12.0. The third-order valence-corrected chi connectivity index (χ3v) is 3.65. The fraction of sp³-hybridized carbons (Fsp3) is 0.750. The number of aromatic nitrogens is 3. The van der Waals surface area contributed by atoms with Gasteiger partial charge in [0, 0.05) is 26.6 Å². The predicted octanol–water partition coefficient (Wildman–Crippen LogP) is 0.830. The van der Waals surface area contributed by atoms with E-state index in [0.29, 0.717) is 12.5 Å². The molecule has 7 nitrogen and oxygen atoms in total. The molecule has 0 radical (unpaired) electrons. The molecule has 1 aliphatic rings. The molecule has 2 atom stereocenters. The van der Waals surface area contributed by atoms with Crippen molar-refractivity contribution in [3.63, 3.8) is 0 Å². The van der Waals surface area contributed by atoms with Crippen LogP contribution in [0.25, 0.3) is 0 Å². The van der Waals surface area contributed by atoms with Crippen molar-refractivity contribution in [2.24, 2.45) is 13.0 Å². The fourth-order valence-corrected chi connectivity index (χ4v) is 2.44. The summed E-state index contributed by atoms with van der Waals surface area (Å²) in [6.45, 7) is 0.560. The van der Waals surface area contributed by atoms with Gasteiger partial charge in [0.2, 0.25) is 5.95 Å². The third kappa shape index (κ3) is 3.44. The smallest absolute Gasteiger partial charge is 0.323 e. The molecule has 0 bridgehead atoms. The molecule has 106 valence electrons. The van der Waals surface area contributed by atoms with Gasteiger partial charge in [0.05, 0.1) is 6.10 Å². The highest BCUT2D eigenvalue weighted by atomic mass is 16.3. The number of urea groups is 1. The van der Waals surface area contributed by atoms with Gasteiger partial charge in [-0.25, -0.2) is 9.48 Å². The number of nitrogens with zero attached hydrogens (tertiary/aromatic N) is 4. The Morgan fingerprint density at radius 1 is 1.58 bits per heavy atom. The second-order valence-electron chi connectivity index (χ2n) is 5.13. The van der Waals surface area contributed by atoms with Crippen LogP contribution in [0.5, 0.6) is 0 Å². The Balaban J connectivity index is 1.87. The summed E-state index contributed by atoms with van der Waals surface area (Å²) in [6, 6.07) is -0.228. The largest absolute Gasteiger partial charge is 0.393 e. The number of aliphatic hydroxyl groups excluding tert-OH is 1. The molecule has 2 unspecified atom stereocenters. The molecule has 1 aliphatic carbocycles. The zero-order valence-electron chi connectivity index (χ0n) is 11.4. The number of amides is 2. The Hall–Kier alpha value is -1.63. The molecule has 7 heteroatoms. The van der Waals surface area contributed by atoms with Gasteiger partial charge in [-0.2, -0.15) is 10.1 Å². The van der Waals surface area contributed by atoms with Crippen molar-refractivity contribution in [1.29, 1.82) is 0 Å². The van der Waals surface area contributed by atoms with Crippen LogP contribution in [0, 0.1) is 5.92 Å². The maximum absolute atomic E-state index is 12.0. The van der Waals surface area contributed by atoms with E-state index in [9.17, 15) is 9.90 Å². The number of anilines is 1. The lowest BCUT2D eigenvalue weighted by Crippen LogP contribution is -2.40. The Kier molecular flexibility index (Phi) is 4.36. The van der Waals surface area contributed by atoms with Gasteiger partial charge in [-0.05, 0) is 12.8 Å². The van der Waals surface area contributed by atoms with E-state index in [-0.39, 0.29) is 18.1 Å². The molecular weight excluding hydrogens is 246 g/mol. The number of nitrogens with one attached hydrogen (secondary N) is 1. The topological polar surface area (TPSA) is 83.3 Å². The number of rotatable bonds is 3. The second kappa shape index (κ2) is 6.01. The highest BCUT2D eigenvalue weighted by molar-refractivity contribution is 5.87. The van der Waals surface area contributed by atoms with E-state index in [2.05, 4.69) is 15.4 Å². The number of hydrogen-bond donors (Lipinski definition) is 2. The minimum atomic E-state index is -0.293. The first-order valence-electron chi connectivity index (χ1n) is 6.62. The number of aryl methyl sites for hydroxylation is 1. The van der Waals surface area contributed by atoms with Crippen molar-refractivity contribution in [3.05, 3.63) is 6.33 Å². The second-order valence-corrected chi connectivity index (χ2v) is 5.13. The molecule has 1 heterocycles. The number of carbonyl (C=O) groups excluding carboxylic acids is 1. The molecule has 0 saturated heterocycles. The Morgan fingerprint density at radius 2 is 2.32 bits per heavy atom. The zero-order valence-corrected chi connectivity index (χ0v) is 11.4. The van der Waals surface area contributed by atoms with Crippen LogP contribution in [0.15, 0.2) is 6.33 Å². The zero-order chi connectivity index (χ0) is 13.8. The van der Waals surface area contributed by atoms with Crippen LogP contribution in [-0.4, -0.2) is 50.5 Å². The van der Waals surface area contributed by atoms with E-state index in [0.717, 1.165) is 25.7 Å². The molecule has 1 aromatic rings. The van der Waals surface area contributed by atoms with E-state index >= 15 is 0 Å². The molecule has 0 aromatic carbocycles. The molecular formula is C12H21N5O2. The monoisotopic (exact) mass is 267 g/mol. The Labute approximate surface area is 112 Å². The lowest BCUT2D eigenvalue weighted by Gasteiger charge is -2.31. The molecule has 0 spiro atoms. The lowest BCUT2D eigenvalue weighted by atomic mass is 9.86. The third-order valence-electron chi connectivity index (χ3n) is 3.65. The van der Waals surface area contributed by atoms with Gasteiger partial charge in [0.25, 0.3) is 0 Å². The van der Waals surface area contributed by atoms with Gasteiger partial charge in [0.15, 0.2) is 0 Å². The van der Waals surface area contributed by atoms with Gasteiger partial charge in [-0.3, -0.25) is 5.32 Å². The first-order valence-corrected chi connectivity index (χ1v) is 6.62. The number of carbonyl (C=O) groups is 1. The first-order chi connectivity index (χ1) is 9.08. The minimum absolute atomic E-state index is 0.170. The number of aliphatic hydroxyl groups is 1. The Bertz CT molecular complexity index is 434. The summed E-state index contributed by atoms with van der Waals surface area (Å²) in [4.78, 5) is 17.5. The van der Waals surface area contributed by atoms with Gasteiger partial charge in [-0.1, -0.05) is 12.8 Å². The van der Waals surface area contributed by atoms with Crippen LogP contribution >= 0.6 is 0 Å². The molecule has 2 N–H and O–H groups in total. The predicted molar refractivity (Wildman–Crippen MR) is 70.6 cm³/mol. The highest BCUT2D eigenvalue weighted by Gasteiger charge is 2.25. The van der Waals surface area contributed by atoms with E-state index in [4.69, 9.17) is 0 Å². The summed E-state index contributed by atoms with van der Waals surface area (Å²) in [5, 5.41) is 16.5. The SMILES string of the molecule is CN(CC1CCCCC1O)C(=O)Nc1ncnn1C. The van der Waals surface area contributed by atoms with E-state index in [1.807, 2.05) is 0 Å². The van der Waals surface area contributed by atoms with Crippen LogP contribution in [0.4, 0.5) is 10.7 Å². The molecule has 2 amide bonds. The average molecular weight is 267 g/mol. The van der Waals surface area contributed by atoms with Gasteiger partial charge in [0.1, 0.15) is 6.33 Å². The summed E-state index contributed by atoms with van der Waals surface area (Å²) in [6.07, 6.45) is 5.11. The van der Waals surface area contributed by atoms with E-state index < -0.39 is 0 Å². The summed E-state index contributed by atoms with van der Waals surface area (Å²) in [5.74, 6) is 0.588. The molecule has 2 rings (SSSR count). The van der Waals surface area contributed by atoms with E-state index in [1.165, 1.54) is 11.0 Å². The average Bonchev–Trinajstić information content (AvgIpc) is 2.78. The molecule has 1 saturated carbocycles. The molecule has 0 aliphatic heterocycles. The van der Waals surface area contributed by atoms with Crippen LogP contribution in [0.1, 0.15) is 25.7 Å². The van der Waals surface area contributed by atoms with Crippen LogP contribution < -0.4 is 5.32 Å². The lowest BCUT2D eigenvalue weighted by molar-refractivity contribution is 0.0575. The normalized spacial score (nSPS) is 23.1. The summed E-state index contributed by atoms with van der Waals surface area (Å²) in [5.41, 5.74) is 0. The van der Waals surface area contributed by atoms with Crippen molar-refractivity contribution in [1.82, 2.24) is 19.7 Å². The first kappa shape index (κ1) is 13.8. The van der Waals surface area contributed by atoms with Gasteiger partial charge >= 0.3 is 6.03 Å². The number of hydrogen-bond acceptors (Lipinski definition) is 4. The van der Waals surface area contributed by atoms with Crippen LogP contribution in [-0.2, 0) is 7.05 Å². The van der Waals surface area contributed by atoms with Crippen molar-refractivity contribution < 1.29 is 9.90 Å². The quantitative estimate of drug-likeness (QED) is 0.849. The van der Waals surface area contributed by atoms with Crippen molar-refractivity contribution in [3.8, 4) is 0 Å². The minimum Gasteiger partial charge on any atom is -0.393 e. The van der Waals surface area contributed by atoms with E-state index in [1.54, 1.807) is 19.0 Å². The van der Waals surface area contributed by atoms with Gasteiger partial charge in [-0.15, -0.1) is 0 Å². The summed E-state index contributed by atoms with van der Waals surface area (Å²) >= 11 is 0. The molecule has 19 heavy (non-hydrogen) atoms. The maximum Gasteiger partial charge on any atom is 0.323 e. The molecule has 1 aromatic heterocycles.